The minimum Gasteiger partial charge on any atom is -0.342 e. The summed E-state index contributed by atoms with van der Waals surface area (Å²) in [6.07, 6.45) is 0.0913. The van der Waals surface area contributed by atoms with E-state index in [2.05, 4.69) is 20.7 Å². The molecule has 6 nitrogen and oxygen atoms in total. The minimum atomic E-state index is -3.61. The first-order valence-corrected chi connectivity index (χ1v) is 8.76. The van der Waals surface area contributed by atoms with E-state index >= 15 is 0 Å². The van der Waals surface area contributed by atoms with E-state index in [0.29, 0.717) is 11.0 Å². The van der Waals surface area contributed by atoms with Gasteiger partial charge in [-0.05, 0) is 25.1 Å². The number of carbonyl (C=O) groups is 1. The van der Waals surface area contributed by atoms with Gasteiger partial charge in [0, 0.05) is 37.1 Å². The van der Waals surface area contributed by atoms with E-state index in [9.17, 15) is 13.2 Å². The maximum absolute atomic E-state index is 12.0. The highest BCUT2D eigenvalue weighted by molar-refractivity contribution is 9.10. The van der Waals surface area contributed by atoms with Crippen LogP contribution in [0.25, 0.3) is 0 Å². The Kier molecular flexibility index (Phi) is 9.18. The van der Waals surface area contributed by atoms with Crippen molar-refractivity contribution in [3.8, 4) is 0 Å². The third kappa shape index (κ3) is 6.21. The van der Waals surface area contributed by atoms with Gasteiger partial charge in [-0.15, -0.1) is 12.4 Å². The van der Waals surface area contributed by atoms with Gasteiger partial charge in [-0.2, -0.15) is 0 Å². The van der Waals surface area contributed by atoms with Gasteiger partial charge in [0.15, 0.2) is 0 Å². The molecular formula is C13H21BrClN3O3S. The summed E-state index contributed by atoms with van der Waals surface area (Å²) in [5, 5.41) is 0. The lowest BCUT2D eigenvalue weighted by atomic mass is 10.2. The second-order valence-corrected chi connectivity index (χ2v) is 7.38. The van der Waals surface area contributed by atoms with Crippen LogP contribution in [0.3, 0.4) is 0 Å². The third-order valence-corrected chi connectivity index (χ3v) is 5.08. The second-order valence-electron chi connectivity index (χ2n) is 4.69. The molecule has 1 rings (SSSR count). The number of rotatable bonds is 7. The molecule has 0 aliphatic heterocycles. The lowest BCUT2D eigenvalue weighted by molar-refractivity contribution is -0.131. The van der Waals surface area contributed by atoms with Crippen LogP contribution < -0.4 is 10.5 Å². The molecule has 0 heterocycles. The van der Waals surface area contributed by atoms with Gasteiger partial charge in [-0.25, -0.2) is 13.1 Å². The van der Waals surface area contributed by atoms with E-state index in [-0.39, 0.29) is 42.2 Å². The molecule has 0 aromatic heterocycles. The van der Waals surface area contributed by atoms with Crippen molar-refractivity contribution in [3.63, 3.8) is 0 Å². The Hall–Kier alpha value is -0.670. The number of benzene rings is 1. The first-order valence-electron chi connectivity index (χ1n) is 6.49. The van der Waals surface area contributed by atoms with Crippen LogP contribution in [0.5, 0.6) is 0 Å². The maximum Gasteiger partial charge on any atom is 0.240 e. The number of likely N-dealkylation sites (N-methyl/N-ethyl adjacent to an activating group) is 1. The normalized spacial score (nSPS) is 12.4. The number of nitrogens with zero attached hydrogens (tertiary/aromatic N) is 1. The van der Waals surface area contributed by atoms with Crippen LogP contribution in [-0.2, 0) is 14.8 Å². The first kappa shape index (κ1) is 21.3. The fourth-order valence-corrected chi connectivity index (χ4v) is 3.22. The number of hydrogen-bond acceptors (Lipinski definition) is 4. The SMILES string of the molecule is CC(CN)N(C)C(=O)CCNS(=O)(=O)c1cccc(Br)c1.Cl. The summed E-state index contributed by atoms with van der Waals surface area (Å²) >= 11 is 3.22. The van der Waals surface area contributed by atoms with Gasteiger partial charge in [0.1, 0.15) is 0 Å². The molecule has 0 radical (unpaired) electrons. The van der Waals surface area contributed by atoms with Crippen LogP contribution in [0.1, 0.15) is 13.3 Å². The Morgan fingerprint density at radius 3 is 2.64 bits per heavy atom. The van der Waals surface area contributed by atoms with E-state index < -0.39 is 10.0 Å². The van der Waals surface area contributed by atoms with E-state index in [1.165, 1.54) is 17.0 Å². The summed E-state index contributed by atoms with van der Waals surface area (Å²) in [4.78, 5) is 13.5. The summed E-state index contributed by atoms with van der Waals surface area (Å²) in [5.41, 5.74) is 5.49. The number of nitrogens with one attached hydrogen (secondary N) is 1. The standard InChI is InChI=1S/C13H20BrN3O3S.ClH/c1-10(9-15)17(2)13(18)6-7-16-21(19,20)12-5-3-4-11(14)8-12;/h3-5,8,10,16H,6-7,9,15H2,1-2H3;1H. The van der Waals surface area contributed by atoms with Gasteiger partial charge in [-0.1, -0.05) is 22.0 Å². The molecule has 0 bridgehead atoms. The monoisotopic (exact) mass is 413 g/mol. The van der Waals surface area contributed by atoms with Crippen molar-refractivity contribution in [3.05, 3.63) is 28.7 Å². The zero-order chi connectivity index (χ0) is 16.0. The van der Waals surface area contributed by atoms with Gasteiger partial charge in [0.05, 0.1) is 4.90 Å². The molecule has 126 valence electrons. The highest BCUT2D eigenvalue weighted by Crippen LogP contribution is 2.15. The molecule has 3 N–H and O–H groups in total. The lowest BCUT2D eigenvalue weighted by Gasteiger charge is -2.23. The van der Waals surface area contributed by atoms with Crippen molar-refractivity contribution in [1.29, 1.82) is 0 Å². The van der Waals surface area contributed by atoms with Gasteiger partial charge in [0.2, 0.25) is 15.9 Å². The largest absolute Gasteiger partial charge is 0.342 e. The predicted molar refractivity (Wildman–Crippen MR) is 92.5 cm³/mol. The van der Waals surface area contributed by atoms with E-state index in [1.807, 2.05) is 6.92 Å². The molecule has 1 amide bonds. The number of hydrogen-bond donors (Lipinski definition) is 2. The molecular weight excluding hydrogens is 394 g/mol. The summed E-state index contributed by atoms with van der Waals surface area (Å²) in [7, 11) is -1.95. The fourth-order valence-electron chi connectivity index (χ4n) is 1.59. The number of amides is 1. The van der Waals surface area contributed by atoms with Gasteiger partial charge in [0.25, 0.3) is 0 Å². The van der Waals surface area contributed by atoms with Crippen molar-refractivity contribution in [1.82, 2.24) is 9.62 Å². The summed E-state index contributed by atoms with van der Waals surface area (Å²) in [5.74, 6) is -0.148. The molecule has 0 saturated carbocycles. The molecule has 1 aromatic carbocycles. The average molecular weight is 415 g/mol. The van der Waals surface area contributed by atoms with Crippen LogP contribution in [0, 0.1) is 0 Å². The van der Waals surface area contributed by atoms with E-state index in [0.717, 1.165) is 0 Å². The minimum absolute atomic E-state index is 0. The second kappa shape index (κ2) is 9.46. The summed E-state index contributed by atoms with van der Waals surface area (Å²) in [6.45, 7) is 2.25. The molecule has 9 heteroatoms. The van der Waals surface area contributed by atoms with Crippen molar-refractivity contribution < 1.29 is 13.2 Å². The van der Waals surface area contributed by atoms with Crippen molar-refractivity contribution >= 4 is 44.3 Å². The molecule has 1 atom stereocenters. The maximum atomic E-state index is 12.0. The van der Waals surface area contributed by atoms with Crippen LogP contribution in [0.15, 0.2) is 33.6 Å². The Bertz CT molecular complexity index is 598. The summed E-state index contributed by atoms with van der Waals surface area (Å²) < 4.78 is 27.2. The van der Waals surface area contributed by atoms with Crippen LogP contribution in [0.4, 0.5) is 0 Å². The number of sulfonamides is 1. The quantitative estimate of drug-likeness (QED) is 0.704. The molecule has 1 unspecified atom stereocenters. The van der Waals surface area contributed by atoms with Crippen molar-refractivity contribution in [2.24, 2.45) is 5.73 Å². The first-order chi connectivity index (χ1) is 9.77. The molecule has 0 aliphatic rings. The lowest BCUT2D eigenvalue weighted by Crippen LogP contribution is -2.41. The average Bonchev–Trinajstić information content (AvgIpc) is 2.45. The Balaban J connectivity index is 0.00000441. The van der Waals surface area contributed by atoms with Crippen LogP contribution in [-0.4, -0.2) is 45.4 Å². The number of carbonyl (C=O) groups excluding carboxylic acids is 1. The number of nitrogens with two attached hydrogens (primary N) is 1. The smallest absolute Gasteiger partial charge is 0.240 e. The fraction of sp³-hybridized carbons (Fsp3) is 0.462. The molecule has 0 aliphatic carbocycles. The van der Waals surface area contributed by atoms with Crippen molar-refractivity contribution in [2.75, 3.05) is 20.1 Å². The van der Waals surface area contributed by atoms with E-state index in [4.69, 9.17) is 5.73 Å². The van der Waals surface area contributed by atoms with Gasteiger partial charge < -0.3 is 10.6 Å². The molecule has 1 aromatic rings. The van der Waals surface area contributed by atoms with Gasteiger partial charge in [-0.3, -0.25) is 4.79 Å². The molecule has 0 fully saturated rings. The van der Waals surface area contributed by atoms with Crippen LogP contribution >= 0.6 is 28.3 Å². The summed E-state index contributed by atoms with van der Waals surface area (Å²) in [6, 6.07) is 6.32. The van der Waals surface area contributed by atoms with E-state index in [1.54, 1.807) is 19.2 Å². The Labute approximate surface area is 146 Å². The number of halogens is 2. The Morgan fingerprint density at radius 1 is 1.45 bits per heavy atom. The highest BCUT2D eigenvalue weighted by Gasteiger charge is 2.17. The third-order valence-electron chi connectivity index (χ3n) is 3.13. The molecule has 22 heavy (non-hydrogen) atoms. The zero-order valence-electron chi connectivity index (χ0n) is 12.5. The predicted octanol–water partition coefficient (Wildman–Crippen LogP) is 1.34. The van der Waals surface area contributed by atoms with Crippen molar-refractivity contribution in [2.45, 2.75) is 24.3 Å². The van der Waals surface area contributed by atoms with Crippen LogP contribution in [0.2, 0.25) is 0 Å². The zero-order valence-corrected chi connectivity index (χ0v) is 15.7. The van der Waals surface area contributed by atoms with Gasteiger partial charge >= 0.3 is 0 Å². The molecule has 0 saturated heterocycles. The topological polar surface area (TPSA) is 92.5 Å². The highest BCUT2D eigenvalue weighted by atomic mass is 79.9. The molecule has 0 spiro atoms. The Morgan fingerprint density at radius 2 is 2.09 bits per heavy atom.